The van der Waals surface area contributed by atoms with E-state index < -0.39 is 22.5 Å². The molecule has 2 atom stereocenters. The minimum absolute atomic E-state index is 0.547. The summed E-state index contributed by atoms with van der Waals surface area (Å²) < 4.78 is -1.14. The van der Waals surface area contributed by atoms with Crippen molar-refractivity contribution in [3.63, 3.8) is 0 Å². The van der Waals surface area contributed by atoms with Crippen molar-refractivity contribution in [2.75, 3.05) is 0 Å². The molecule has 11 heavy (non-hydrogen) atoms. The van der Waals surface area contributed by atoms with E-state index in [0.717, 1.165) is 0 Å². The normalized spacial score (nSPS) is 37.9. The second-order valence-corrected chi connectivity index (χ2v) is 4.05. The number of aliphatic hydroxyl groups is 1. The third kappa shape index (κ3) is 1.36. The molecule has 62 valence electrons. The average Bonchev–Trinajstić information content (AvgIpc) is 1.84. The molecule has 6 heteroatoms. The van der Waals surface area contributed by atoms with Crippen molar-refractivity contribution < 1.29 is 14.7 Å². The van der Waals surface area contributed by atoms with Gasteiger partial charge in [0.1, 0.15) is 4.32 Å². The number of imide groups is 1. The molecule has 1 aliphatic heterocycles. The largest absolute Gasteiger partial charge is 0.372 e. The standard InChI is InChI=1S/C5H7BrN2O3/c1-5(6)2(9)7-4(11)8-3(5)10/h2,9H,1H3,(H2,7,8,10,11)/t2-,5+/m0/s1. The Morgan fingerprint density at radius 2 is 2.18 bits per heavy atom. The van der Waals surface area contributed by atoms with Gasteiger partial charge in [0.05, 0.1) is 0 Å². The van der Waals surface area contributed by atoms with E-state index in [2.05, 4.69) is 21.2 Å². The summed E-state index contributed by atoms with van der Waals surface area (Å²) in [6.45, 7) is 1.46. The highest BCUT2D eigenvalue weighted by Crippen LogP contribution is 2.22. The Balaban J connectivity index is 2.84. The molecule has 0 aromatic rings. The topological polar surface area (TPSA) is 78.4 Å². The number of carbonyl (C=O) groups excluding carboxylic acids is 2. The molecule has 0 bridgehead atoms. The van der Waals surface area contributed by atoms with Gasteiger partial charge < -0.3 is 10.4 Å². The SMILES string of the molecule is C[C@]1(Br)C(=O)NC(=O)N[C@H]1O. The van der Waals surface area contributed by atoms with Gasteiger partial charge in [0.2, 0.25) is 5.91 Å². The number of halogens is 1. The summed E-state index contributed by atoms with van der Waals surface area (Å²) >= 11 is 2.97. The van der Waals surface area contributed by atoms with Crippen LogP contribution in [0.2, 0.25) is 0 Å². The number of nitrogens with one attached hydrogen (secondary N) is 2. The molecule has 3 amide bonds. The van der Waals surface area contributed by atoms with E-state index in [1.807, 2.05) is 5.32 Å². The van der Waals surface area contributed by atoms with E-state index in [9.17, 15) is 9.59 Å². The number of carbonyl (C=O) groups is 2. The number of alkyl halides is 1. The van der Waals surface area contributed by atoms with Crippen molar-refractivity contribution in [2.24, 2.45) is 0 Å². The lowest BCUT2D eigenvalue weighted by Gasteiger charge is -2.31. The molecule has 1 rings (SSSR count). The molecular weight excluding hydrogens is 216 g/mol. The van der Waals surface area contributed by atoms with Crippen LogP contribution in [0.5, 0.6) is 0 Å². The first-order chi connectivity index (χ1) is 4.94. The van der Waals surface area contributed by atoms with E-state index in [4.69, 9.17) is 5.11 Å². The predicted molar refractivity (Wildman–Crippen MR) is 40.0 cm³/mol. The van der Waals surface area contributed by atoms with E-state index in [1.54, 1.807) is 0 Å². The fourth-order valence-electron chi connectivity index (χ4n) is 0.645. The zero-order chi connectivity index (χ0) is 8.65. The van der Waals surface area contributed by atoms with Crippen molar-refractivity contribution in [2.45, 2.75) is 17.5 Å². The van der Waals surface area contributed by atoms with Gasteiger partial charge in [0, 0.05) is 0 Å². The first-order valence-corrected chi connectivity index (χ1v) is 3.73. The van der Waals surface area contributed by atoms with Crippen molar-refractivity contribution in [1.29, 1.82) is 0 Å². The van der Waals surface area contributed by atoms with Crippen LogP contribution in [0.15, 0.2) is 0 Å². The summed E-state index contributed by atoms with van der Waals surface area (Å²) in [5.41, 5.74) is 0. The molecule has 5 nitrogen and oxygen atoms in total. The number of amides is 3. The minimum atomic E-state index is -1.19. The van der Waals surface area contributed by atoms with Crippen LogP contribution in [0, 0.1) is 0 Å². The molecule has 0 spiro atoms. The second-order valence-electron chi connectivity index (χ2n) is 2.41. The van der Waals surface area contributed by atoms with Crippen molar-refractivity contribution in [3.8, 4) is 0 Å². The zero-order valence-corrected chi connectivity index (χ0v) is 7.31. The van der Waals surface area contributed by atoms with Gasteiger partial charge in [-0.3, -0.25) is 10.1 Å². The lowest BCUT2D eigenvalue weighted by atomic mass is 10.1. The van der Waals surface area contributed by atoms with Gasteiger partial charge in [-0.05, 0) is 6.92 Å². The smallest absolute Gasteiger partial charge is 0.323 e. The van der Waals surface area contributed by atoms with Crippen LogP contribution < -0.4 is 10.6 Å². The number of hydrogen-bond acceptors (Lipinski definition) is 3. The Morgan fingerprint density at radius 3 is 2.64 bits per heavy atom. The molecule has 3 N–H and O–H groups in total. The summed E-state index contributed by atoms with van der Waals surface area (Å²) in [5.74, 6) is -0.547. The lowest BCUT2D eigenvalue weighted by molar-refractivity contribution is -0.126. The van der Waals surface area contributed by atoms with Crippen LogP contribution in [-0.2, 0) is 4.79 Å². The first kappa shape index (κ1) is 8.48. The molecule has 0 aliphatic carbocycles. The van der Waals surface area contributed by atoms with Gasteiger partial charge in [-0.2, -0.15) is 0 Å². The molecule has 0 aromatic carbocycles. The predicted octanol–water partition coefficient (Wildman–Crippen LogP) is -0.702. The molecule has 0 radical (unpaired) electrons. The molecule has 1 fully saturated rings. The van der Waals surface area contributed by atoms with Crippen LogP contribution in [-0.4, -0.2) is 27.6 Å². The molecule has 1 saturated heterocycles. The van der Waals surface area contributed by atoms with Crippen LogP contribution in [0.25, 0.3) is 0 Å². The van der Waals surface area contributed by atoms with Gasteiger partial charge in [0.25, 0.3) is 0 Å². The van der Waals surface area contributed by atoms with E-state index in [-0.39, 0.29) is 0 Å². The van der Waals surface area contributed by atoms with Gasteiger partial charge >= 0.3 is 6.03 Å². The highest BCUT2D eigenvalue weighted by molar-refractivity contribution is 9.10. The highest BCUT2D eigenvalue weighted by atomic mass is 79.9. The Bertz CT molecular complexity index is 216. The van der Waals surface area contributed by atoms with Crippen LogP contribution in [0.3, 0.4) is 0 Å². The van der Waals surface area contributed by atoms with Gasteiger partial charge in [-0.1, -0.05) is 15.9 Å². The highest BCUT2D eigenvalue weighted by Gasteiger charge is 2.43. The number of aliphatic hydroxyl groups excluding tert-OH is 1. The summed E-state index contributed by atoms with van der Waals surface area (Å²) in [5, 5.41) is 13.3. The fraction of sp³-hybridized carbons (Fsp3) is 0.600. The van der Waals surface area contributed by atoms with Crippen molar-refractivity contribution >= 4 is 27.9 Å². The third-order valence-corrected chi connectivity index (χ3v) is 2.25. The van der Waals surface area contributed by atoms with Crippen LogP contribution in [0.4, 0.5) is 4.79 Å². The summed E-state index contributed by atoms with van der Waals surface area (Å²) in [6, 6.07) is -0.681. The summed E-state index contributed by atoms with van der Waals surface area (Å²) in [4.78, 5) is 21.5. The van der Waals surface area contributed by atoms with Crippen LogP contribution >= 0.6 is 15.9 Å². The Hall–Kier alpha value is -0.620. The maximum atomic E-state index is 11.0. The molecule has 0 saturated carbocycles. The fourth-order valence-corrected chi connectivity index (χ4v) is 0.859. The van der Waals surface area contributed by atoms with Crippen LogP contribution in [0.1, 0.15) is 6.92 Å². The Morgan fingerprint density at radius 1 is 1.64 bits per heavy atom. The Labute approximate surface area is 71.3 Å². The maximum Gasteiger partial charge on any atom is 0.323 e. The van der Waals surface area contributed by atoms with Gasteiger partial charge in [0.15, 0.2) is 6.23 Å². The molecule has 0 unspecified atom stereocenters. The molecule has 0 aromatic heterocycles. The van der Waals surface area contributed by atoms with Gasteiger partial charge in [-0.25, -0.2) is 4.79 Å². The second kappa shape index (κ2) is 2.46. The molecular formula is C5H7BrN2O3. The lowest BCUT2D eigenvalue weighted by Crippen LogP contribution is -2.64. The van der Waals surface area contributed by atoms with E-state index in [1.165, 1.54) is 6.92 Å². The van der Waals surface area contributed by atoms with Crippen molar-refractivity contribution in [1.82, 2.24) is 10.6 Å². The molecule has 1 aliphatic rings. The summed E-state index contributed by atoms with van der Waals surface area (Å²) in [7, 11) is 0. The maximum absolute atomic E-state index is 11.0. The average molecular weight is 223 g/mol. The third-order valence-electron chi connectivity index (χ3n) is 1.45. The number of rotatable bonds is 0. The zero-order valence-electron chi connectivity index (χ0n) is 5.72. The quantitative estimate of drug-likeness (QED) is 0.475. The number of hydrogen-bond donors (Lipinski definition) is 3. The minimum Gasteiger partial charge on any atom is -0.372 e. The van der Waals surface area contributed by atoms with E-state index >= 15 is 0 Å². The van der Waals surface area contributed by atoms with Crippen molar-refractivity contribution in [3.05, 3.63) is 0 Å². The number of urea groups is 1. The Kier molecular flexibility index (Phi) is 1.89. The van der Waals surface area contributed by atoms with Gasteiger partial charge in [-0.15, -0.1) is 0 Å². The molecule has 1 heterocycles. The first-order valence-electron chi connectivity index (χ1n) is 2.93. The monoisotopic (exact) mass is 222 g/mol. The van der Waals surface area contributed by atoms with E-state index in [0.29, 0.717) is 0 Å². The summed E-state index contributed by atoms with van der Waals surface area (Å²) in [6.07, 6.45) is -1.19.